The van der Waals surface area contributed by atoms with E-state index in [4.69, 9.17) is 4.42 Å². The molecule has 0 aliphatic carbocycles. The van der Waals surface area contributed by atoms with E-state index in [2.05, 4.69) is 0 Å². The highest BCUT2D eigenvalue weighted by Gasteiger charge is 2.06. The summed E-state index contributed by atoms with van der Waals surface area (Å²) < 4.78 is 5.32. The number of hydrogen-bond donors (Lipinski definition) is 0. The number of rotatable bonds is 1. The van der Waals surface area contributed by atoms with Crippen LogP contribution in [0.2, 0.25) is 0 Å². The Labute approximate surface area is 98.1 Å². The van der Waals surface area contributed by atoms with Crippen LogP contribution in [-0.4, -0.2) is 0 Å². The van der Waals surface area contributed by atoms with E-state index < -0.39 is 0 Å². The largest absolute Gasteiger partial charge is 0.422 e. The summed E-state index contributed by atoms with van der Waals surface area (Å²) in [5.41, 5.74) is 0.601. The highest BCUT2D eigenvalue weighted by atomic mass is 16.4. The van der Waals surface area contributed by atoms with Gasteiger partial charge in [0.1, 0.15) is 5.76 Å². The average molecular weight is 222 g/mol. The Hall–Kier alpha value is -2.35. The summed E-state index contributed by atoms with van der Waals surface area (Å²) in [6.45, 7) is 0. The van der Waals surface area contributed by atoms with Gasteiger partial charge in [0, 0.05) is 17.0 Å². The van der Waals surface area contributed by atoms with Crippen molar-refractivity contribution in [3.8, 4) is 11.3 Å². The van der Waals surface area contributed by atoms with Gasteiger partial charge in [-0.1, -0.05) is 54.6 Å². The summed E-state index contributed by atoms with van der Waals surface area (Å²) in [7, 11) is 0. The van der Waals surface area contributed by atoms with Crippen molar-refractivity contribution in [2.24, 2.45) is 0 Å². The number of benzene rings is 2. The molecule has 0 atom stereocenters. The lowest BCUT2D eigenvalue weighted by Crippen LogP contribution is -1.97. The minimum absolute atomic E-state index is 0.317. The molecule has 0 bridgehead atoms. The Morgan fingerprint density at radius 3 is 2.35 bits per heavy atom. The molecule has 0 fully saturated rings. The van der Waals surface area contributed by atoms with Gasteiger partial charge in [-0.15, -0.1) is 0 Å². The van der Waals surface area contributed by atoms with E-state index in [0.717, 1.165) is 16.3 Å². The molecule has 3 rings (SSSR count). The zero-order valence-electron chi connectivity index (χ0n) is 9.09. The molecule has 0 saturated heterocycles. The second kappa shape index (κ2) is 3.91. The highest BCUT2D eigenvalue weighted by molar-refractivity contribution is 5.93. The van der Waals surface area contributed by atoms with Crippen molar-refractivity contribution in [3.05, 3.63) is 71.1 Å². The van der Waals surface area contributed by atoms with Gasteiger partial charge in [-0.25, -0.2) is 4.79 Å². The summed E-state index contributed by atoms with van der Waals surface area (Å²) >= 11 is 0. The summed E-state index contributed by atoms with van der Waals surface area (Å²) in [4.78, 5) is 11.5. The van der Waals surface area contributed by atoms with Crippen LogP contribution in [0.5, 0.6) is 0 Å². The van der Waals surface area contributed by atoms with Crippen LogP contribution in [-0.2, 0) is 0 Å². The first kappa shape index (κ1) is 9.85. The van der Waals surface area contributed by atoms with Gasteiger partial charge in [-0.2, -0.15) is 0 Å². The van der Waals surface area contributed by atoms with Crippen LogP contribution in [0, 0.1) is 0 Å². The fourth-order valence-corrected chi connectivity index (χ4v) is 1.95. The summed E-state index contributed by atoms with van der Waals surface area (Å²) in [6.07, 6.45) is 0. The Kier molecular flexibility index (Phi) is 2.26. The lowest BCUT2D eigenvalue weighted by Gasteiger charge is -2.04. The van der Waals surface area contributed by atoms with Gasteiger partial charge < -0.3 is 4.42 Å². The minimum Gasteiger partial charge on any atom is -0.422 e. The van der Waals surface area contributed by atoms with Gasteiger partial charge >= 0.3 is 5.63 Å². The van der Waals surface area contributed by atoms with E-state index in [-0.39, 0.29) is 5.63 Å². The molecule has 82 valence electrons. The summed E-state index contributed by atoms with van der Waals surface area (Å²) in [6, 6.07) is 18.9. The predicted octanol–water partition coefficient (Wildman–Crippen LogP) is 3.46. The van der Waals surface area contributed by atoms with Gasteiger partial charge in [0.25, 0.3) is 0 Å². The molecule has 0 spiro atoms. The first-order valence-corrected chi connectivity index (χ1v) is 5.43. The maximum absolute atomic E-state index is 11.5. The van der Waals surface area contributed by atoms with E-state index in [1.807, 2.05) is 54.6 Å². The molecular formula is C15H10O2. The molecule has 2 aromatic carbocycles. The lowest BCUT2D eigenvalue weighted by molar-refractivity contribution is 0.532. The third kappa shape index (κ3) is 1.74. The van der Waals surface area contributed by atoms with E-state index in [9.17, 15) is 4.79 Å². The molecule has 17 heavy (non-hydrogen) atoms. The predicted molar refractivity (Wildman–Crippen MR) is 67.9 cm³/mol. The Morgan fingerprint density at radius 2 is 1.53 bits per heavy atom. The van der Waals surface area contributed by atoms with Gasteiger partial charge in [0.05, 0.1) is 0 Å². The van der Waals surface area contributed by atoms with Gasteiger partial charge in [-0.05, 0) is 5.39 Å². The molecule has 0 aliphatic rings. The molecule has 1 aromatic heterocycles. The fraction of sp³-hybridized carbons (Fsp3) is 0. The van der Waals surface area contributed by atoms with Crippen molar-refractivity contribution < 1.29 is 4.42 Å². The smallest absolute Gasteiger partial charge is 0.336 e. The molecule has 1 heterocycles. The third-order valence-electron chi connectivity index (χ3n) is 2.72. The highest BCUT2D eigenvalue weighted by Crippen LogP contribution is 2.26. The van der Waals surface area contributed by atoms with Crippen molar-refractivity contribution in [2.75, 3.05) is 0 Å². The van der Waals surface area contributed by atoms with Crippen LogP contribution in [0.3, 0.4) is 0 Å². The van der Waals surface area contributed by atoms with E-state index in [1.165, 1.54) is 6.07 Å². The van der Waals surface area contributed by atoms with Crippen molar-refractivity contribution in [3.63, 3.8) is 0 Å². The molecule has 0 N–H and O–H groups in total. The van der Waals surface area contributed by atoms with Crippen molar-refractivity contribution in [2.45, 2.75) is 0 Å². The molecule has 3 aromatic rings. The summed E-state index contributed by atoms with van der Waals surface area (Å²) in [5, 5.41) is 1.86. The zero-order chi connectivity index (χ0) is 11.7. The topological polar surface area (TPSA) is 30.2 Å². The van der Waals surface area contributed by atoms with Crippen LogP contribution in [0.4, 0.5) is 0 Å². The maximum atomic E-state index is 11.5. The van der Waals surface area contributed by atoms with Crippen LogP contribution in [0.15, 0.2) is 69.9 Å². The minimum atomic E-state index is -0.317. The monoisotopic (exact) mass is 222 g/mol. The first-order chi connectivity index (χ1) is 8.34. The average Bonchev–Trinajstić information content (AvgIpc) is 2.39. The van der Waals surface area contributed by atoms with Gasteiger partial charge in [0.2, 0.25) is 0 Å². The van der Waals surface area contributed by atoms with E-state index >= 15 is 0 Å². The Balaban J connectivity index is 2.40. The van der Waals surface area contributed by atoms with Crippen LogP contribution >= 0.6 is 0 Å². The molecule has 0 unspecified atom stereocenters. The van der Waals surface area contributed by atoms with Crippen molar-refractivity contribution in [1.29, 1.82) is 0 Å². The first-order valence-electron chi connectivity index (χ1n) is 5.43. The van der Waals surface area contributed by atoms with Crippen molar-refractivity contribution >= 4 is 10.8 Å². The molecule has 0 radical (unpaired) electrons. The molecule has 0 saturated carbocycles. The fourth-order valence-electron chi connectivity index (χ4n) is 1.95. The Morgan fingerprint density at radius 1 is 0.824 bits per heavy atom. The van der Waals surface area contributed by atoms with Crippen LogP contribution in [0.1, 0.15) is 0 Å². The number of hydrogen-bond acceptors (Lipinski definition) is 2. The van der Waals surface area contributed by atoms with E-state index in [1.54, 1.807) is 0 Å². The second-order valence-corrected chi connectivity index (χ2v) is 3.85. The molecule has 2 heteroatoms. The standard InChI is InChI=1S/C15H10O2/c16-14-10-12-8-4-5-9-13(12)15(17-14)11-6-2-1-3-7-11/h1-10H. The SMILES string of the molecule is O=c1cc2ccccc2c(-c2ccccc2)o1. The van der Waals surface area contributed by atoms with Gasteiger partial charge in [0.15, 0.2) is 0 Å². The van der Waals surface area contributed by atoms with Crippen LogP contribution in [0.25, 0.3) is 22.1 Å². The lowest BCUT2D eigenvalue weighted by atomic mass is 10.1. The quantitative estimate of drug-likeness (QED) is 0.631. The van der Waals surface area contributed by atoms with Crippen molar-refractivity contribution in [1.82, 2.24) is 0 Å². The Bertz CT molecular complexity index is 712. The van der Waals surface area contributed by atoms with Crippen LogP contribution < -0.4 is 5.63 Å². The third-order valence-corrected chi connectivity index (χ3v) is 2.72. The molecule has 0 amide bonds. The van der Waals surface area contributed by atoms with E-state index in [0.29, 0.717) is 5.76 Å². The maximum Gasteiger partial charge on any atom is 0.336 e. The molecule has 2 nitrogen and oxygen atoms in total. The number of fused-ring (bicyclic) bond motifs is 1. The molecule has 0 aliphatic heterocycles. The summed E-state index contributed by atoms with van der Waals surface area (Å²) in [5.74, 6) is 0.633. The second-order valence-electron chi connectivity index (χ2n) is 3.85. The van der Waals surface area contributed by atoms with Gasteiger partial charge in [-0.3, -0.25) is 0 Å². The zero-order valence-corrected chi connectivity index (χ0v) is 9.09. The normalized spacial score (nSPS) is 10.6. The molecular weight excluding hydrogens is 212 g/mol.